The van der Waals surface area contributed by atoms with Crippen LogP contribution in [0.25, 0.3) is 100.0 Å². The summed E-state index contributed by atoms with van der Waals surface area (Å²) in [5.74, 6) is 0.698. The highest BCUT2D eigenvalue weighted by Crippen LogP contribution is 2.52. The minimum Gasteiger partial charge on any atom is -0.264 e. The van der Waals surface area contributed by atoms with Crippen LogP contribution in [-0.2, 0) is 5.41 Å². The van der Waals surface area contributed by atoms with Crippen molar-refractivity contribution in [3.63, 3.8) is 0 Å². The molecule has 278 valence electrons. The average Bonchev–Trinajstić information content (AvgIpc) is 3.54. The van der Waals surface area contributed by atoms with E-state index in [1.807, 2.05) is 18.3 Å². The molecule has 3 nitrogen and oxygen atoms in total. The van der Waals surface area contributed by atoms with E-state index in [1.165, 1.54) is 55.3 Å². The van der Waals surface area contributed by atoms with E-state index in [0.717, 1.165) is 50.0 Å². The van der Waals surface area contributed by atoms with E-state index < -0.39 is 0 Å². The van der Waals surface area contributed by atoms with Crippen LogP contribution < -0.4 is 0 Å². The lowest BCUT2D eigenvalue weighted by atomic mass is 9.80. The van der Waals surface area contributed by atoms with Crippen molar-refractivity contribution in [2.75, 3.05) is 0 Å². The number of hydrogen-bond donors (Lipinski definition) is 0. The highest BCUT2D eigenvalue weighted by Gasteiger charge is 2.37. The van der Waals surface area contributed by atoms with Gasteiger partial charge in [0.15, 0.2) is 5.82 Å². The van der Waals surface area contributed by atoms with Gasteiger partial charge < -0.3 is 0 Å². The molecule has 11 rings (SSSR count). The summed E-state index contributed by atoms with van der Waals surface area (Å²) in [6, 6.07) is 67.6. The van der Waals surface area contributed by atoms with Crippen molar-refractivity contribution in [3.8, 4) is 78.4 Å². The second-order valence-electron chi connectivity index (χ2n) is 16.0. The molecule has 0 saturated heterocycles. The molecule has 0 amide bonds. The minimum atomic E-state index is -0.0808. The van der Waals surface area contributed by atoms with E-state index in [9.17, 15) is 0 Å². The van der Waals surface area contributed by atoms with Gasteiger partial charge in [-0.15, -0.1) is 0 Å². The first-order chi connectivity index (χ1) is 29.0. The van der Waals surface area contributed by atoms with Gasteiger partial charge in [0.05, 0.1) is 11.4 Å². The number of rotatable bonds is 6. The molecule has 59 heavy (non-hydrogen) atoms. The van der Waals surface area contributed by atoms with Gasteiger partial charge in [-0.1, -0.05) is 172 Å². The fraction of sp³-hybridized carbons (Fsp3) is 0.0536. The Morgan fingerprint density at radius 3 is 1.75 bits per heavy atom. The van der Waals surface area contributed by atoms with E-state index in [4.69, 9.17) is 9.97 Å². The predicted molar refractivity (Wildman–Crippen MR) is 245 cm³/mol. The van der Waals surface area contributed by atoms with Crippen molar-refractivity contribution in [1.82, 2.24) is 15.0 Å². The number of pyridine rings is 1. The first-order valence-electron chi connectivity index (χ1n) is 20.2. The first-order valence-corrected chi connectivity index (χ1v) is 20.2. The largest absolute Gasteiger partial charge is 0.264 e. The molecule has 2 heterocycles. The highest BCUT2D eigenvalue weighted by atomic mass is 14.9. The summed E-state index contributed by atoms with van der Waals surface area (Å²) < 4.78 is 0. The molecule has 2 aromatic heterocycles. The fourth-order valence-corrected chi connectivity index (χ4v) is 9.25. The Hall–Kier alpha value is -7.49. The Labute approximate surface area is 344 Å². The molecule has 0 bridgehead atoms. The average molecular weight is 754 g/mol. The smallest absolute Gasteiger partial charge is 0.161 e. The molecule has 0 spiro atoms. The molecule has 0 aliphatic heterocycles. The Balaban J connectivity index is 0.999. The number of nitrogens with zero attached hydrogens (tertiary/aromatic N) is 3. The second-order valence-corrected chi connectivity index (χ2v) is 16.0. The Morgan fingerprint density at radius 2 is 0.966 bits per heavy atom. The second kappa shape index (κ2) is 13.9. The molecule has 0 radical (unpaired) electrons. The lowest BCUT2D eigenvalue weighted by Gasteiger charge is -2.23. The Kier molecular flexibility index (Phi) is 8.16. The van der Waals surface area contributed by atoms with Gasteiger partial charge in [0, 0.05) is 34.5 Å². The first kappa shape index (κ1) is 34.7. The van der Waals surface area contributed by atoms with Crippen LogP contribution in [0, 0.1) is 0 Å². The molecular weight excluding hydrogens is 715 g/mol. The van der Waals surface area contributed by atoms with Crippen LogP contribution in [0.2, 0.25) is 0 Å². The maximum Gasteiger partial charge on any atom is 0.161 e. The van der Waals surface area contributed by atoms with E-state index in [-0.39, 0.29) is 5.41 Å². The van der Waals surface area contributed by atoms with Crippen LogP contribution >= 0.6 is 0 Å². The third-order valence-corrected chi connectivity index (χ3v) is 12.2. The Bertz CT molecular complexity index is 3220. The van der Waals surface area contributed by atoms with Crippen LogP contribution in [0.3, 0.4) is 0 Å². The van der Waals surface area contributed by atoms with Crippen LogP contribution in [-0.4, -0.2) is 15.0 Å². The van der Waals surface area contributed by atoms with Gasteiger partial charge >= 0.3 is 0 Å². The van der Waals surface area contributed by atoms with Crippen molar-refractivity contribution in [1.29, 1.82) is 0 Å². The van der Waals surface area contributed by atoms with Crippen LogP contribution in [0.15, 0.2) is 200 Å². The molecule has 8 aromatic carbocycles. The van der Waals surface area contributed by atoms with Crippen molar-refractivity contribution in [2.45, 2.75) is 19.3 Å². The lowest BCUT2D eigenvalue weighted by molar-refractivity contribution is 0.666. The summed E-state index contributed by atoms with van der Waals surface area (Å²) in [5, 5.41) is 4.91. The van der Waals surface area contributed by atoms with Gasteiger partial charge in [0.1, 0.15) is 0 Å². The van der Waals surface area contributed by atoms with Gasteiger partial charge in [0.2, 0.25) is 0 Å². The summed E-state index contributed by atoms with van der Waals surface area (Å²) in [5.41, 5.74) is 17.2. The van der Waals surface area contributed by atoms with Crippen LogP contribution in [0.1, 0.15) is 25.0 Å². The zero-order valence-electron chi connectivity index (χ0n) is 32.9. The molecule has 3 heteroatoms. The maximum atomic E-state index is 5.26. The molecule has 0 fully saturated rings. The summed E-state index contributed by atoms with van der Waals surface area (Å²) in [4.78, 5) is 14.8. The van der Waals surface area contributed by atoms with E-state index in [0.29, 0.717) is 5.82 Å². The molecule has 1 aliphatic carbocycles. The third kappa shape index (κ3) is 5.94. The monoisotopic (exact) mass is 753 g/mol. The lowest BCUT2D eigenvalue weighted by Crippen LogP contribution is -2.15. The quantitative estimate of drug-likeness (QED) is 0.170. The van der Waals surface area contributed by atoms with Gasteiger partial charge in [-0.3, -0.25) is 4.98 Å². The van der Waals surface area contributed by atoms with Gasteiger partial charge in [-0.05, 0) is 108 Å². The number of aromatic nitrogens is 3. The SMILES string of the molecule is CC1(C)c2ccc(-c3cccc(-c4ccc(-c5nc(-c6ccccc6)cc(-c6ccc(-c7cccnc7)cc6)n5)c5ccccc45)c3)cc2-c2ccc3ccccc3c21. The normalized spacial score (nSPS) is 12.7. The Morgan fingerprint density at radius 1 is 0.373 bits per heavy atom. The summed E-state index contributed by atoms with van der Waals surface area (Å²) in [6.07, 6.45) is 3.69. The van der Waals surface area contributed by atoms with Crippen LogP contribution in [0.4, 0.5) is 0 Å². The van der Waals surface area contributed by atoms with Crippen molar-refractivity contribution >= 4 is 21.5 Å². The predicted octanol–water partition coefficient (Wildman–Crippen LogP) is 14.5. The van der Waals surface area contributed by atoms with Crippen LogP contribution in [0.5, 0.6) is 0 Å². The van der Waals surface area contributed by atoms with Crippen molar-refractivity contribution in [2.24, 2.45) is 0 Å². The summed E-state index contributed by atoms with van der Waals surface area (Å²) >= 11 is 0. The molecule has 1 aliphatic rings. The molecule has 0 N–H and O–H groups in total. The summed E-state index contributed by atoms with van der Waals surface area (Å²) in [6.45, 7) is 4.73. The van der Waals surface area contributed by atoms with Crippen molar-refractivity contribution in [3.05, 3.63) is 212 Å². The van der Waals surface area contributed by atoms with E-state index >= 15 is 0 Å². The molecule has 0 saturated carbocycles. The molecule has 0 unspecified atom stereocenters. The van der Waals surface area contributed by atoms with Gasteiger partial charge in [-0.25, -0.2) is 9.97 Å². The zero-order valence-corrected chi connectivity index (χ0v) is 32.9. The standard InChI is InChI=1S/C56H39N3/c1-56(2)51-30-26-41(33-50(51)48-27-25-37-12-6-7-18-45(37)54(48)56)40-15-10-16-42(32-40)44-28-29-49(47-20-9-8-19-46(44)47)55-58-52(38-13-4-3-5-14-38)34-53(59-55)39-23-21-36(22-24-39)43-17-11-31-57-35-43/h3-35H,1-2H3. The highest BCUT2D eigenvalue weighted by molar-refractivity contribution is 6.05. The van der Waals surface area contributed by atoms with Gasteiger partial charge in [-0.2, -0.15) is 0 Å². The summed E-state index contributed by atoms with van der Waals surface area (Å²) in [7, 11) is 0. The van der Waals surface area contributed by atoms with Crippen molar-refractivity contribution < 1.29 is 0 Å². The number of hydrogen-bond acceptors (Lipinski definition) is 3. The third-order valence-electron chi connectivity index (χ3n) is 12.2. The zero-order chi connectivity index (χ0) is 39.5. The van der Waals surface area contributed by atoms with E-state index in [1.54, 1.807) is 6.20 Å². The number of fused-ring (bicyclic) bond motifs is 6. The number of benzene rings is 8. The topological polar surface area (TPSA) is 38.7 Å². The fourth-order valence-electron chi connectivity index (χ4n) is 9.25. The van der Waals surface area contributed by atoms with Gasteiger partial charge in [0.25, 0.3) is 0 Å². The molecular formula is C56H39N3. The molecule has 10 aromatic rings. The molecule has 0 atom stereocenters. The minimum absolute atomic E-state index is 0.0808. The van der Waals surface area contributed by atoms with E-state index in [2.05, 4.69) is 195 Å². The maximum absolute atomic E-state index is 5.26.